The first-order valence-electron chi connectivity index (χ1n) is 12.4. The molecule has 1 aliphatic heterocycles. The number of aromatic nitrogens is 1. The summed E-state index contributed by atoms with van der Waals surface area (Å²) in [6.45, 7) is 4.61. The summed E-state index contributed by atoms with van der Waals surface area (Å²) in [5, 5.41) is 10.8. The predicted molar refractivity (Wildman–Crippen MR) is 136 cm³/mol. The molecule has 1 atom stereocenters. The van der Waals surface area contributed by atoms with Gasteiger partial charge in [-0.2, -0.15) is 0 Å². The van der Waals surface area contributed by atoms with E-state index in [1.165, 1.54) is 12.1 Å². The molecule has 7 heteroatoms. The van der Waals surface area contributed by atoms with Gasteiger partial charge in [0.1, 0.15) is 17.4 Å². The normalized spacial score (nSPS) is 15.9. The molecular formula is C28H34FN3O3. The molecule has 1 amide bonds. The van der Waals surface area contributed by atoms with Crippen molar-refractivity contribution in [2.24, 2.45) is 5.92 Å². The number of amides is 1. The van der Waals surface area contributed by atoms with Gasteiger partial charge in [-0.3, -0.25) is 4.79 Å². The van der Waals surface area contributed by atoms with Gasteiger partial charge in [-0.15, -0.1) is 0 Å². The van der Waals surface area contributed by atoms with Gasteiger partial charge in [-0.05, 0) is 61.1 Å². The number of carbonyl (C=O) groups is 1. The van der Waals surface area contributed by atoms with Crippen LogP contribution in [-0.4, -0.2) is 54.2 Å². The zero-order chi connectivity index (χ0) is 24.8. The molecule has 3 aromatic rings. The van der Waals surface area contributed by atoms with Crippen LogP contribution in [0.1, 0.15) is 37.3 Å². The number of aliphatic hydroxyl groups excluding tert-OH is 1. The third-order valence-electron chi connectivity index (χ3n) is 6.76. The number of methoxy groups -OCH3 is 1. The van der Waals surface area contributed by atoms with Gasteiger partial charge in [0.15, 0.2) is 0 Å². The Kier molecular flexibility index (Phi) is 8.18. The lowest BCUT2D eigenvalue weighted by atomic mass is 9.98. The van der Waals surface area contributed by atoms with Gasteiger partial charge < -0.3 is 19.6 Å². The van der Waals surface area contributed by atoms with Crippen LogP contribution >= 0.6 is 0 Å². The van der Waals surface area contributed by atoms with Gasteiger partial charge in [0.05, 0.1) is 12.6 Å². The predicted octanol–water partition coefficient (Wildman–Crippen LogP) is 4.57. The van der Waals surface area contributed by atoms with Crippen molar-refractivity contribution in [1.29, 1.82) is 0 Å². The molecule has 2 heterocycles. The van der Waals surface area contributed by atoms with Crippen molar-refractivity contribution in [2.45, 2.75) is 39.2 Å². The number of halogens is 1. The summed E-state index contributed by atoms with van der Waals surface area (Å²) < 4.78 is 18.7. The van der Waals surface area contributed by atoms with Gasteiger partial charge in [0, 0.05) is 56.2 Å². The van der Waals surface area contributed by atoms with Gasteiger partial charge >= 0.3 is 0 Å². The molecule has 0 saturated carbocycles. The Morgan fingerprint density at radius 3 is 2.74 bits per heavy atom. The Hall–Kier alpha value is -3.19. The summed E-state index contributed by atoms with van der Waals surface area (Å²) in [5.74, 6) is 1.63. The largest absolute Gasteiger partial charge is 0.497 e. The molecule has 6 nitrogen and oxygen atoms in total. The van der Waals surface area contributed by atoms with Gasteiger partial charge in [0.2, 0.25) is 5.91 Å². The molecule has 0 unspecified atom stereocenters. The number of rotatable bonds is 9. The second kappa shape index (κ2) is 11.5. The first-order valence-corrected chi connectivity index (χ1v) is 12.4. The maximum atomic E-state index is 13.3. The van der Waals surface area contributed by atoms with E-state index in [0.717, 1.165) is 59.5 Å². The fourth-order valence-electron chi connectivity index (χ4n) is 4.74. The van der Waals surface area contributed by atoms with E-state index >= 15 is 0 Å². The third-order valence-corrected chi connectivity index (χ3v) is 6.76. The second-order valence-corrected chi connectivity index (χ2v) is 9.21. The van der Waals surface area contributed by atoms with E-state index in [0.29, 0.717) is 25.9 Å². The summed E-state index contributed by atoms with van der Waals surface area (Å²) >= 11 is 0. The molecule has 186 valence electrons. The van der Waals surface area contributed by atoms with Crippen LogP contribution in [0.4, 0.5) is 10.2 Å². The van der Waals surface area contributed by atoms with E-state index in [-0.39, 0.29) is 24.2 Å². The number of hydrogen-bond acceptors (Lipinski definition) is 5. The smallest absolute Gasteiger partial charge is 0.222 e. The maximum Gasteiger partial charge on any atom is 0.222 e. The van der Waals surface area contributed by atoms with E-state index in [2.05, 4.69) is 11.0 Å². The van der Waals surface area contributed by atoms with Gasteiger partial charge in [-0.1, -0.05) is 19.1 Å². The lowest BCUT2D eigenvalue weighted by Gasteiger charge is -2.35. The van der Waals surface area contributed by atoms with Gasteiger partial charge in [-0.25, -0.2) is 9.37 Å². The lowest BCUT2D eigenvalue weighted by molar-refractivity contribution is -0.131. The van der Waals surface area contributed by atoms with Crippen molar-refractivity contribution in [3.63, 3.8) is 0 Å². The van der Waals surface area contributed by atoms with Crippen LogP contribution < -0.4 is 9.64 Å². The number of fused-ring (bicyclic) bond motifs is 1. The molecule has 0 bridgehead atoms. The molecule has 4 rings (SSSR count). The van der Waals surface area contributed by atoms with Crippen molar-refractivity contribution in [3.05, 3.63) is 65.5 Å². The fraction of sp³-hybridized carbons (Fsp3) is 0.429. The summed E-state index contributed by atoms with van der Waals surface area (Å²) in [7, 11) is 1.64. The van der Waals surface area contributed by atoms with E-state index in [1.807, 2.05) is 30.0 Å². The monoisotopic (exact) mass is 479 g/mol. The molecule has 1 N–H and O–H groups in total. The highest BCUT2D eigenvalue weighted by atomic mass is 19.1. The summed E-state index contributed by atoms with van der Waals surface area (Å²) in [6.07, 6.45) is 3.05. The summed E-state index contributed by atoms with van der Waals surface area (Å²) in [4.78, 5) is 22.0. The average molecular weight is 480 g/mol. The zero-order valence-corrected chi connectivity index (χ0v) is 20.5. The highest BCUT2D eigenvalue weighted by Crippen LogP contribution is 2.30. The molecule has 1 saturated heterocycles. The number of benzene rings is 2. The van der Waals surface area contributed by atoms with E-state index in [4.69, 9.17) is 9.72 Å². The highest BCUT2D eigenvalue weighted by Gasteiger charge is 2.24. The molecular weight excluding hydrogens is 445 g/mol. The van der Waals surface area contributed by atoms with Crippen LogP contribution in [0, 0.1) is 11.7 Å². The Labute approximate surface area is 206 Å². The maximum absolute atomic E-state index is 13.3. The average Bonchev–Trinajstić information content (AvgIpc) is 2.90. The first-order chi connectivity index (χ1) is 17.0. The molecule has 0 spiro atoms. The van der Waals surface area contributed by atoms with E-state index in [1.54, 1.807) is 19.2 Å². The minimum Gasteiger partial charge on any atom is -0.497 e. The van der Waals surface area contributed by atoms with Crippen molar-refractivity contribution in [1.82, 2.24) is 9.88 Å². The number of pyridine rings is 1. The standard InChI is InChI=1S/C28H34FN3O3/c1-3-27(34)31(14-12-20-6-9-24(29)10-7-20)18-23-15-22-8-11-25(35-2)16-26(22)30-28(23)32-13-4-5-21(17-32)19-33/h6-11,15-16,21,33H,3-5,12-14,17-19H2,1-2H3/t21-/m0/s1. The van der Waals surface area contributed by atoms with Crippen LogP contribution in [0.5, 0.6) is 5.75 Å². The Balaban J connectivity index is 1.66. The Bertz CT molecular complexity index is 1150. The van der Waals surface area contributed by atoms with Crippen LogP contribution in [0.3, 0.4) is 0 Å². The fourth-order valence-corrected chi connectivity index (χ4v) is 4.74. The van der Waals surface area contributed by atoms with Crippen LogP contribution in [0.2, 0.25) is 0 Å². The van der Waals surface area contributed by atoms with Crippen molar-refractivity contribution < 1.29 is 19.0 Å². The number of anilines is 1. The summed E-state index contributed by atoms with van der Waals surface area (Å²) in [5.41, 5.74) is 2.82. The topological polar surface area (TPSA) is 65.9 Å². The van der Waals surface area contributed by atoms with E-state index < -0.39 is 0 Å². The molecule has 35 heavy (non-hydrogen) atoms. The number of carbonyl (C=O) groups excluding carboxylic acids is 1. The molecule has 1 fully saturated rings. The molecule has 2 aromatic carbocycles. The first kappa shape index (κ1) is 24.9. The summed E-state index contributed by atoms with van der Waals surface area (Å²) in [6, 6.07) is 14.4. The minimum atomic E-state index is -0.263. The molecule has 1 aromatic heterocycles. The van der Waals surface area contributed by atoms with Crippen molar-refractivity contribution in [3.8, 4) is 5.75 Å². The number of hydrogen-bond donors (Lipinski definition) is 1. The number of ether oxygens (including phenoxy) is 1. The molecule has 0 radical (unpaired) electrons. The SMILES string of the molecule is CCC(=O)N(CCc1ccc(F)cc1)Cc1cc2ccc(OC)cc2nc1N1CCC[C@H](CO)C1. The molecule has 0 aliphatic carbocycles. The van der Waals surface area contributed by atoms with Crippen molar-refractivity contribution in [2.75, 3.05) is 38.3 Å². The number of aliphatic hydroxyl groups is 1. The lowest BCUT2D eigenvalue weighted by Crippen LogP contribution is -2.39. The second-order valence-electron chi connectivity index (χ2n) is 9.21. The van der Waals surface area contributed by atoms with Crippen LogP contribution in [0.25, 0.3) is 10.9 Å². The van der Waals surface area contributed by atoms with Crippen LogP contribution in [-0.2, 0) is 17.8 Å². The number of nitrogens with zero attached hydrogens (tertiary/aromatic N) is 3. The zero-order valence-electron chi connectivity index (χ0n) is 20.5. The quantitative estimate of drug-likeness (QED) is 0.487. The minimum absolute atomic E-state index is 0.0692. The third kappa shape index (κ3) is 6.09. The number of piperidine rings is 1. The molecule has 1 aliphatic rings. The highest BCUT2D eigenvalue weighted by molar-refractivity contribution is 5.84. The Morgan fingerprint density at radius 1 is 1.23 bits per heavy atom. The Morgan fingerprint density at radius 2 is 2.03 bits per heavy atom. The van der Waals surface area contributed by atoms with Gasteiger partial charge in [0.25, 0.3) is 0 Å². The van der Waals surface area contributed by atoms with E-state index in [9.17, 15) is 14.3 Å². The van der Waals surface area contributed by atoms with Crippen LogP contribution in [0.15, 0.2) is 48.5 Å². The van der Waals surface area contributed by atoms with Crippen molar-refractivity contribution >= 4 is 22.6 Å².